The van der Waals surface area contributed by atoms with Gasteiger partial charge in [-0.25, -0.2) is 0 Å². The number of hydrogen-bond donors (Lipinski definition) is 2. The Kier molecular flexibility index (Phi) is 5.90. The molecule has 0 unspecified atom stereocenters. The number of fused-ring (bicyclic) bond motifs is 2. The van der Waals surface area contributed by atoms with Gasteiger partial charge < -0.3 is 14.7 Å². The van der Waals surface area contributed by atoms with Gasteiger partial charge in [-0.1, -0.05) is 0 Å². The third kappa shape index (κ3) is 4.94. The molecule has 2 aliphatic rings. The molecule has 2 saturated heterocycles. The average Bonchev–Trinajstić information content (AvgIpc) is 2.71. The minimum atomic E-state index is -4.89. The molecule has 6 nitrogen and oxygen atoms in total. The van der Waals surface area contributed by atoms with Gasteiger partial charge in [0.05, 0.1) is 24.8 Å². The summed E-state index contributed by atoms with van der Waals surface area (Å²) in [6.45, 7) is 8.90. The second-order valence-corrected chi connectivity index (χ2v) is 6.77. The van der Waals surface area contributed by atoms with Crippen molar-refractivity contribution in [1.29, 1.82) is 0 Å². The van der Waals surface area contributed by atoms with E-state index in [4.69, 9.17) is 42.4 Å². The first-order valence-corrected chi connectivity index (χ1v) is 8.43. The summed E-state index contributed by atoms with van der Waals surface area (Å²) in [4.78, 5) is 22.9. The van der Waals surface area contributed by atoms with Crippen LogP contribution < -0.4 is 4.89 Å². The molecule has 0 aromatic rings. The minimum Gasteiger partial charge on any atom is -0.756 e. The van der Waals surface area contributed by atoms with E-state index in [-0.39, 0.29) is 0 Å². The van der Waals surface area contributed by atoms with Gasteiger partial charge in [0.25, 0.3) is 7.82 Å². The number of quaternary nitrogens is 2. The van der Waals surface area contributed by atoms with E-state index in [0.717, 1.165) is 24.8 Å². The predicted octanol–water partition coefficient (Wildman–Crippen LogP) is -0.478. The lowest BCUT2D eigenvalue weighted by molar-refractivity contribution is -0.985. The van der Waals surface area contributed by atoms with Crippen LogP contribution in [-0.2, 0) is 4.57 Å². The van der Waals surface area contributed by atoms with Gasteiger partial charge in [-0.2, -0.15) is 0 Å². The molecule has 0 amide bonds. The lowest BCUT2D eigenvalue weighted by Crippen LogP contribution is -2.48. The van der Waals surface area contributed by atoms with Crippen LogP contribution in [0.2, 0.25) is 0 Å². The first-order chi connectivity index (χ1) is 8.24. The number of piperazine rings is 1. The number of halogens is 2. The minimum absolute atomic E-state index is 0.806. The largest absolute Gasteiger partial charge is 0.756 e. The lowest BCUT2D eigenvalue weighted by Gasteiger charge is -2.26. The molecule has 0 aromatic carbocycles. The molecule has 0 saturated carbocycles. The van der Waals surface area contributed by atoms with Crippen molar-refractivity contribution in [3.05, 3.63) is 0 Å². The Balaban J connectivity index is 0.000000280. The molecular formula is C9H20Cl2N2O4P+. The first-order valence-electron chi connectivity index (χ1n) is 5.83. The quantitative estimate of drug-likeness (QED) is 0.416. The van der Waals surface area contributed by atoms with Crippen LogP contribution in [0.15, 0.2) is 0 Å². The first kappa shape index (κ1) is 16.7. The fourth-order valence-electron chi connectivity index (χ4n) is 2.94. The SMILES string of the molecule is ClCC[N+]12CC[N+](CCCl)(CC1)C2.O=P([O-])(O)O. The van der Waals surface area contributed by atoms with E-state index in [9.17, 15) is 0 Å². The Labute approximate surface area is 117 Å². The fraction of sp³-hybridized carbons (Fsp3) is 1.00. The maximum atomic E-state index is 8.77. The molecule has 108 valence electrons. The van der Waals surface area contributed by atoms with Crippen LogP contribution in [0.25, 0.3) is 0 Å². The predicted molar refractivity (Wildman–Crippen MR) is 68.1 cm³/mol. The van der Waals surface area contributed by atoms with Crippen molar-refractivity contribution in [2.45, 2.75) is 0 Å². The molecule has 2 aliphatic heterocycles. The summed E-state index contributed by atoms with van der Waals surface area (Å²) in [5.74, 6) is 1.61. The zero-order chi connectivity index (χ0) is 13.9. The third-order valence-electron chi connectivity index (χ3n) is 3.82. The monoisotopic (exact) mass is 321 g/mol. The highest BCUT2D eigenvalue weighted by atomic mass is 35.5. The number of alkyl halides is 2. The molecule has 0 atom stereocenters. The Morgan fingerprint density at radius 2 is 1.28 bits per heavy atom. The van der Waals surface area contributed by atoms with Gasteiger partial charge in [0, 0.05) is 0 Å². The van der Waals surface area contributed by atoms with Crippen molar-refractivity contribution in [1.82, 2.24) is 0 Å². The molecule has 0 aromatic heterocycles. The smallest absolute Gasteiger partial charge is 0.262 e. The molecule has 9 heteroatoms. The summed E-state index contributed by atoms with van der Waals surface area (Å²) in [6.07, 6.45) is 0. The zero-order valence-electron chi connectivity index (χ0n) is 10.2. The van der Waals surface area contributed by atoms with Crippen molar-refractivity contribution in [3.63, 3.8) is 0 Å². The van der Waals surface area contributed by atoms with Crippen molar-refractivity contribution in [2.75, 3.05) is 57.7 Å². The maximum absolute atomic E-state index is 8.77. The molecule has 18 heavy (non-hydrogen) atoms. The van der Waals surface area contributed by atoms with E-state index < -0.39 is 7.82 Å². The van der Waals surface area contributed by atoms with Crippen LogP contribution in [0.5, 0.6) is 0 Å². The zero-order valence-corrected chi connectivity index (χ0v) is 12.6. The number of phosphoric acid groups is 1. The molecule has 0 spiro atoms. The van der Waals surface area contributed by atoms with E-state index in [1.807, 2.05) is 0 Å². The second-order valence-electron chi connectivity index (χ2n) is 5.03. The van der Waals surface area contributed by atoms with Crippen molar-refractivity contribution in [2.24, 2.45) is 0 Å². The van der Waals surface area contributed by atoms with Gasteiger partial charge in [-0.15, -0.1) is 23.2 Å². The number of hydrogen-bond acceptors (Lipinski definition) is 2. The fourth-order valence-corrected chi connectivity index (χ4v) is 3.66. The summed E-state index contributed by atoms with van der Waals surface area (Å²) < 4.78 is 11.3. The standard InChI is InChI=1S/C9H18Cl2N2.H3O4P/c10-1-3-12-5-7-13(9-12,4-2-11)8-6-12;1-5(2,3)4/h1-9H2;(H3,1,2,3,4)/q+2;/p-1. The van der Waals surface area contributed by atoms with Crippen LogP contribution in [0.4, 0.5) is 0 Å². The van der Waals surface area contributed by atoms with Crippen LogP contribution in [-0.4, -0.2) is 76.5 Å². The molecule has 2 fully saturated rings. The molecule has 0 radical (unpaired) electrons. The normalized spacial score (nSPS) is 34.3. The number of rotatable bonds is 4. The van der Waals surface area contributed by atoms with Gasteiger partial charge in [-0.3, -0.25) is 13.5 Å². The van der Waals surface area contributed by atoms with Gasteiger partial charge in [0.2, 0.25) is 6.67 Å². The van der Waals surface area contributed by atoms with E-state index in [1.165, 1.54) is 41.8 Å². The Morgan fingerprint density at radius 3 is 1.50 bits per heavy atom. The summed E-state index contributed by atoms with van der Waals surface area (Å²) in [5, 5.41) is 0. The Morgan fingerprint density at radius 1 is 1.00 bits per heavy atom. The van der Waals surface area contributed by atoms with Gasteiger partial charge in [-0.05, 0) is 0 Å². The van der Waals surface area contributed by atoms with Crippen molar-refractivity contribution < 1.29 is 28.2 Å². The van der Waals surface area contributed by atoms with E-state index in [2.05, 4.69) is 0 Å². The lowest BCUT2D eigenvalue weighted by atomic mass is 10.3. The van der Waals surface area contributed by atoms with Crippen molar-refractivity contribution in [3.8, 4) is 0 Å². The number of nitrogens with zero attached hydrogens (tertiary/aromatic N) is 2. The van der Waals surface area contributed by atoms with E-state index in [1.54, 1.807) is 0 Å². The molecule has 2 rings (SSSR count). The molecular weight excluding hydrogens is 302 g/mol. The van der Waals surface area contributed by atoms with Gasteiger partial charge in [0.15, 0.2) is 0 Å². The summed E-state index contributed by atoms with van der Waals surface area (Å²) in [6, 6.07) is 0. The van der Waals surface area contributed by atoms with Crippen LogP contribution in [0.3, 0.4) is 0 Å². The van der Waals surface area contributed by atoms with E-state index >= 15 is 0 Å². The van der Waals surface area contributed by atoms with E-state index in [0.29, 0.717) is 0 Å². The second kappa shape index (κ2) is 6.37. The highest BCUT2D eigenvalue weighted by Crippen LogP contribution is 2.31. The summed E-state index contributed by atoms with van der Waals surface area (Å²) in [7, 11) is -4.89. The summed E-state index contributed by atoms with van der Waals surface area (Å²) >= 11 is 11.7. The van der Waals surface area contributed by atoms with Crippen LogP contribution >= 0.6 is 31.0 Å². The molecule has 2 heterocycles. The van der Waals surface area contributed by atoms with Gasteiger partial charge in [0.1, 0.15) is 26.2 Å². The highest BCUT2D eigenvalue weighted by molar-refractivity contribution is 7.43. The highest BCUT2D eigenvalue weighted by Gasteiger charge is 2.54. The van der Waals surface area contributed by atoms with Gasteiger partial charge >= 0.3 is 0 Å². The Hall–Kier alpha value is 0.610. The van der Waals surface area contributed by atoms with Crippen molar-refractivity contribution >= 4 is 31.0 Å². The summed E-state index contributed by atoms with van der Waals surface area (Å²) in [5.41, 5.74) is 0. The third-order valence-corrected chi connectivity index (χ3v) is 4.15. The average molecular weight is 322 g/mol. The molecule has 0 aliphatic carbocycles. The topological polar surface area (TPSA) is 80.6 Å². The van der Waals surface area contributed by atoms with Crippen LogP contribution in [0.1, 0.15) is 0 Å². The molecule has 2 N–H and O–H groups in total. The van der Waals surface area contributed by atoms with Crippen LogP contribution in [0, 0.1) is 0 Å². The maximum Gasteiger partial charge on any atom is 0.262 e. The molecule has 2 bridgehead atoms. The Bertz CT molecular complexity index is 289.